The molecule has 0 aliphatic carbocycles. The van der Waals surface area contributed by atoms with Crippen LogP contribution in [0.2, 0.25) is 0 Å². The summed E-state index contributed by atoms with van der Waals surface area (Å²) in [6.45, 7) is 4.54. The Labute approximate surface area is 267 Å². The number of carbonyl (C=O) groups is 2. The fourth-order valence-electron chi connectivity index (χ4n) is 5.30. The van der Waals surface area contributed by atoms with Crippen molar-refractivity contribution in [3.05, 3.63) is 0 Å². The number of carboxylic acids is 2. The molecule has 0 aliphatic heterocycles. The summed E-state index contributed by atoms with van der Waals surface area (Å²) in [4.78, 5) is 20.7. The van der Waals surface area contributed by atoms with Gasteiger partial charge < -0.3 is 10.2 Å². The Hall–Kier alpha value is -0.541. The molecule has 0 bridgehead atoms. The molecule has 0 rings (SSSR count). The van der Waals surface area contributed by atoms with Gasteiger partial charge in [-0.25, -0.2) is 0 Å². The van der Waals surface area contributed by atoms with E-state index in [-0.39, 0.29) is 17.1 Å². The van der Waals surface area contributed by atoms with Crippen LogP contribution in [-0.4, -0.2) is 39.2 Å². The average molecular weight is 648 g/mol. The molecule has 0 atom stereocenters. The number of unbranched alkanes of at least 4 members (excludes halogenated alkanes) is 28. The van der Waals surface area contributed by atoms with Gasteiger partial charge in [0.2, 0.25) is 0 Å². The summed E-state index contributed by atoms with van der Waals surface area (Å²) in [6.07, 6.45) is 40.4. The van der Waals surface area contributed by atoms with Crippen LogP contribution in [0, 0.1) is 0 Å². The van der Waals surface area contributed by atoms with Crippen LogP contribution < -0.4 is 0 Å². The van der Waals surface area contributed by atoms with Crippen LogP contribution in [0.1, 0.15) is 219 Å². The van der Waals surface area contributed by atoms with Crippen LogP contribution >= 0.6 is 0 Å². The molecule has 0 saturated heterocycles. The van der Waals surface area contributed by atoms with Gasteiger partial charge in [0.25, 0.3) is 0 Å². The van der Waals surface area contributed by atoms with E-state index < -0.39 is 11.9 Å². The Morgan fingerprint density at radius 2 is 0.463 bits per heavy atom. The van der Waals surface area contributed by atoms with Crippen molar-refractivity contribution in [3.8, 4) is 0 Å². The zero-order chi connectivity index (χ0) is 29.8. The van der Waals surface area contributed by atoms with E-state index in [9.17, 15) is 9.59 Å². The van der Waals surface area contributed by atoms with E-state index >= 15 is 0 Å². The van der Waals surface area contributed by atoms with E-state index in [1.807, 2.05) is 0 Å². The molecule has 0 heterocycles. The summed E-state index contributed by atoms with van der Waals surface area (Å²) in [6, 6.07) is 0. The first-order valence-electron chi connectivity index (χ1n) is 18.0. The zero-order valence-corrected chi connectivity index (χ0v) is 29.5. The Balaban J connectivity index is -0.000000688. The maximum Gasteiger partial charge on any atom is 0.303 e. The van der Waals surface area contributed by atoms with Crippen LogP contribution in [0.15, 0.2) is 0 Å². The molecule has 2 N–H and O–H groups in total. The maximum atomic E-state index is 10.3. The SMILES string of the molecule is CCCCCCCCCCCCCCCCCC(=O)O.CCCCCCCCCCCCCCCCCC(=O)O.[Se]. The van der Waals surface area contributed by atoms with E-state index in [0.717, 1.165) is 25.7 Å². The molecule has 0 aromatic rings. The van der Waals surface area contributed by atoms with Crippen LogP contribution in [0.5, 0.6) is 0 Å². The molecular formula is C36H72O4Se. The van der Waals surface area contributed by atoms with Gasteiger partial charge in [-0.3, -0.25) is 9.59 Å². The quantitative estimate of drug-likeness (QED) is 0.0563. The van der Waals surface area contributed by atoms with Gasteiger partial charge in [-0.2, -0.15) is 0 Å². The molecule has 4 nitrogen and oxygen atoms in total. The Bertz CT molecular complexity index is 454. The largest absolute Gasteiger partial charge is 0.481 e. The number of aliphatic carboxylic acids is 2. The zero-order valence-electron chi connectivity index (χ0n) is 27.7. The number of hydrogen-bond donors (Lipinski definition) is 2. The van der Waals surface area contributed by atoms with Crippen LogP contribution in [0.4, 0.5) is 0 Å². The van der Waals surface area contributed by atoms with Crippen molar-refractivity contribution >= 4 is 29.0 Å². The van der Waals surface area contributed by atoms with E-state index in [4.69, 9.17) is 10.2 Å². The maximum absolute atomic E-state index is 10.3. The molecule has 0 unspecified atom stereocenters. The molecule has 246 valence electrons. The van der Waals surface area contributed by atoms with Gasteiger partial charge in [-0.15, -0.1) is 0 Å². The van der Waals surface area contributed by atoms with Crippen molar-refractivity contribution in [1.82, 2.24) is 0 Å². The van der Waals surface area contributed by atoms with Gasteiger partial charge in [0.15, 0.2) is 0 Å². The van der Waals surface area contributed by atoms with E-state index in [2.05, 4.69) is 13.8 Å². The van der Waals surface area contributed by atoms with Gasteiger partial charge >= 0.3 is 11.9 Å². The van der Waals surface area contributed by atoms with E-state index in [0.29, 0.717) is 12.8 Å². The van der Waals surface area contributed by atoms with Crippen molar-refractivity contribution in [2.75, 3.05) is 0 Å². The second-order valence-corrected chi connectivity index (χ2v) is 12.2. The number of rotatable bonds is 32. The average Bonchev–Trinajstić information content (AvgIpc) is 2.93. The van der Waals surface area contributed by atoms with Gasteiger partial charge in [0, 0.05) is 29.9 Å². The van der Waals surface area contributed by atoms with Gasteiger partial charge in [0.05, 0.1) is 0 Å². The van der Waals surface area contributed by atoms with Crippen LogP contribution in [0.25, 0.3) is 0 Å². The minimum Gasteiger partial charge on any atom is -0.481 e. The van der Waals surface area contributed by atoms with Gasteiger partial charge in [-0.05, 0) is 12.8 Å². The Morgan fingerprint density at radius 3 is 0.610 bits per heavy atom. The predicted octanol–water partition coefficient (Wildman–Crippen LogP) is 12.3. The monoisotopic (exact) mass is 648 g/mol. The molecule has 41 heavy (non-hydrogen) atoms. The van der Waals surface area contributed by atoms with Crippen molar-refractivity contribution in [3.63, 3.8) is 0 Å². The summed E-state index contributed by atoms with van der Waals surface area (Å²) >= 11 is 0. The molecule has 0 aromatic carbocycles. The molecule has 2 radical (unpaired) electrons. The molecule has 0 spiro atoms. The first-order chi connectivity index (χ1) is 19.5. The predicted molar refractivity (Wildman–Crippen MR) is 180 cm³/mol. The Morgan fingerprint density at radius 1 is 0.317 bits per heavy atom. The third kappa shape index (κ3) is 49.5. The van der Waals surface area contributed by atoms with E-state index in [1.165, 1.54) is 167 Å². The second kappa shape index (κ2) is 41.6. The fraction of sp³-hybridized carbons (Fsp3) is 0.944. The molecule has 0 aromatic heterocycles. The smallest absolute Gasteiger partial charge is 0.303 e. The van der Waals surface area contributed by atoms with Crippen molar-refractivity contribution < 1.29 is 19.8 Å². The molecular weight excluding hydrogens is 575 g/mol. The third-order valence-corrected chi connectivity index (χ3v) is 7.99. The second-order valence-electron chi connectivity index (χ2n) is 12.2. The first-order valence-corrected chi connectivity index (χ1v) is 18.0. The van der Waals surface area contributed by atoms with Gasteiger partial charge in [-0.1, -0.05) is 194 Å². The number of hydrogen-bond acceptors (Lipinski definition) is 2. The summed E-state index contributed by atoms with van der Waals surface area (Å²) in [5.41, 5.74) is 0. The number of carboxylic acid groups (broad SMARTS) is 2. The summed E-state index contributed by atoms with van der Waals surface area (Å²) in [5.74, 6) is -1.31. The van der Waals surface area contributed by atoms with Crippen molar-refractivity contribution in [1.29, 1.82) is 0 Å². The fourth-order valence-corrected chi connectivity index (χ4v) is 5.30. The van der Waals surface area contributed by atoms with Gasteiger partial charge in [0.1, 0.15) is 0 Å². The third-order valence-electron chi connectivity index (χ3n) is 7.99. The topological polar surface area (TPSA) is 74.6 Å². The van der Waals surface area contributed by atoms with Crippen molar-refractivity contribution in [2.24, 2.45) is 0 Å². The standard InChI is InChI=1S/2C18H36O2.Se/c2*1-2-3-4-5-6-7-8-9-10-11-12-13-14-15-16-17-18(19)20;/h2*2-17H2,1H3,(H,19,20);. The summed E-state index contributed by atoms with van der Waals surface area (Å²) < 4.78 is 0. The first kappa shape index (κ1) is 44.9. The Kier molecular flexibility index (Phi) is 45.5. The normalized spacial score (nSPS) is 10.6. The molecule has 5 heteroatoms. The molecule has 0 saturated carbocycles. The van der Waals surface area contributed by atoms with Crippen LogP contribution in [0.3, 0.4) is 0 Å². The molecule has 0 aliphatic rings. The van der Waals surface area contributed by atoms with Crippen LogP contribution in [-0.2, 0) is 9.59 Å². The molecule has 0 amide bonds. The minimum absolute atomic E-state index is 0. The molecule has 0 fully saturated rings. The van der Waals surface area contributed by atoms with Crippen molar-refractivity contribution in [2.45, 2.75) is 219 Å². The van der Waals surface area contributed by atoms with E-state index in [1.54, 1.807) is 0 Å². The summed E-state index contributed by atoms with van der Waals surface area (Å²) in [7, 11) is 0. The summed E-state index contributed by atoms with van der Waals surface area (Å²) in [5, 5.41) is 17.0. The minimum atomic E-state index is -0.653.